The minimum atomic E-state index is 0.952. The van der Waals surface area contributed by atoms with Crippen LogP contribution in [-0.4, -0.2) is 14.5 Å². The maximum absolute atomic E-state index is 5.13. The topological polar surface area (TPSA) is 30.7 Å². The highest BCUT2D eigenvalue weighted by molar-refractivity contribution is 7.25. The molecular weight excluding hydrogens is 555 g/mol. The predicted molar refractivity (Wildman–Crippen MR) is 186 cm³/mol. The van der Waals surface area contributed by atoms with Gasteiger partial charge in [-0.05, 0) is 65.7 Å². The molecule has 0 aliphatic rings. The van der Waals surface area contributed by atoms with E-state index in [0.717, 1.165) is 44.8 Å². The SMILES string of the molecule is c1ccc(-c2cc(-c3ccccc3)nc(-c3ccc(-n4c5cc6sc7ccccc7c6cc5c5ncccc54)cc3)c2)cc1. The smallest absolute Gasteiger partial charge is 0.0963 e. The monoisotopic (exact) mass is 579 g/mol. The molecule has 4 aromatic heterocycles. The summed E-state index contributed by atoms with van der Waals surface area (Å²) in [6.07, 6.45) is 1.89. The van der Waals surface area contributed by atoms with Crippen LogP contribution < -0.4 is 0 Å². The molecule has 0 radical (unpaired) electrons. The van der Waals surface area contributed by atoms with Crippen molar-refractivity contribution in [3.63, 3.8) is 0 Å². The van der Waals surface area contributed by atoms with E-state index in [0.29, 0.717) is 0 Å². The second kappa shape index (κ2) is 10.0. The lowest BCUT2D eigenvalue weighted by atomic mass is 10.00. The van der Waals surface area contributed by atoms with Gasteiger partial charge in [-0.15, -0.1) is 11.3 Å². The van der Waals surface area contributed by atoms with Crippen molar-refractivity contribution in [3.05, 3.63) is 152 Å². The molecule has 0 atom stereocenters. The van der Waals surface area contributed by atoms with Gasteiger partial charge in [-0.2, -0.15) is 0 Å². The quantitative estimate of drug-likeness (QED) is 0.208. The number of hydrogen-bond donors (Lipinski definition) is 0. The first kappa shape index (κ1) is 25.0. The number of fused-ring (bicyclic) bond motifs is 6. The summed E-state index contributed by atoms with van der Waals surface area (Å²) in [5.41, 5.74) is 10.8. The molecular formula is C40H25N3S. The minimum Gasteiger partial charge on any atom is -0.308 e. The highest BCUT2D eigenvalue weighted by Crippen LogP contribution is 2.40. The molecule has 0 saturated carbocycles. The Balaban J connectivity index is 1.21. The molecule has 0 spiro atoms. The summed E-state index contributed by atoms with van der Waals surface area (Å²) < 4.78 is 4.94. The fourth-order valence-electron chi connectivity index (χ4n) is 6.34. The molecule has 0 N–H and O–H groups in total. The van der Waals surface area contributed by atoms with Gasteiger partial charge in [0.15, 0.2) is 0 Å². The molecule has 0 unspecified atom stereocenters. The molecule has 4 heteroatoms. The Morgan fingerprint density at radius 2 is 1.14 bits per heavy atom. The van der Waals surface area contributed by atoms with Gasteiger partial charge in [0, 0.05) is 48.6 Å². The van der Waals surface area contributed by atoms with Crippen LogP contribution in [-0.2, 0) is 0 Å². The molecule has 0 saturated heterocycles. The van der Waals surface area contributed by atoms with E-state index in [2.05, 4.69) is 138 Å². The van der Waals surface area contributed by atoms with Gasteiger partial charge in [0.1, 0.15) is 0 Å². The number of benzene rings is 5. The number of rotatable bonds is 4. The molecule has 0 fully saturated rings. The van der Waals surface area contributed by atoms with Crippen molar-refractivity contribution in [3.8, 4) is 39.3 Å². The van der Waals surface area contributed by atoms with Gasteiger partial charge in [-0.3, -0.25) is 4.98 Å². The molecule has 9 rings (SSSR count). The number of pyridine rings is 2. The van der Waals surface area contributed by atoms with E-state index in [9.17, 15) is 0 Å². The maximum Gasteiger partial charge on any atom is 0.0963 e. The Bertz CT molecular complexity index is 2420. The number of thiophene rings is 1. The Kier molecular flexibility index (Phi) is 5.68. The third-order valence-corrected chi connectivity index (χ3v) is 9.58. The lowest BCUT2D eigenvalue weighted by Gasteiger charge is -2.12. The van der Waals surface area contributed by atoms with Crippen LogP contribution in [0.2, 0.25) is 0 Å². The first-order chi connectivity index (χ1) is 21.8. The highest BCUT2D eigenvalue weighted by atomic mass is 32.1. The Hall–Kier alpha value is -5.58. The second-order valence-corrected chi connectivity index (χ2v) is 12.2. The van der Waals surface area contributed by atoms with Gasteiger partial charge in [0.05, 0.1) is 27.9 Å². The molecule has 4 heterocycles. The molecule has 0 amide bonds. The van der Waals surface area contributed by atoms with E-state index in [1.54, 1.807) is 0 Å². The zero-order chi connectivity index (χ0) is 29.0. The lowest BCUT2D eigenvalue weighted by Crippen LogP contribution is -1.95. The van der Waals surface area contributed by atoms with Crippen molar-refractivity contribution in [2.75, 3.05) is 0 Å². The highest BCUT2D eigenvalue weighted by Gasteiger charge is 2.17. The molecule has 0 aliphatic carbocycles. The van der Waals surface area contributed by atoms with E-state index < -0.39 is 0 Å². The van der Waals surface area contributed by atoms with Crippen LogP contribution in [0.3, 0.4) is 0 Å². The molecule has 206 valence electrons. The van der Waals surface area contributed by atoms with Gasteiger partial charge in [-0.1, -0.05) is 91.0 Å². The van der Waals surface area contributed by atoms with Crippen molar-refractivity contribution < 1.29 is 0 Å². The molecule has 5 aromatic carbocycles. The number of hydrogen-bond acceptors (Lipinski definition) is 3. The van der Waals surface area contributed by atoms with Crippen molar-refractivity contribution in [1.82, 2.24) is 14.5 Å². The van der Waals surface area contributed by atoms with E-state index >= 15 is 0 Å². The number of aromatic nitrogens is 3. The van der Waals surface area contributed by atoms with Crippen molar-refractivity contribution in [2.45, 2.75) is 0 Å². The van der Waals surface area contributed by atoms with E-state index in [1.807, 2.05) is 29.7 Å². The maximum atomic E-state index is 5.13. The van der Waals surface area contributed by atoms with Gasteiger partial charge in [0.25, 0.3) is 0 Å². The van der Waals surface area contributed by atoms with E-state index in [1.165, 1.54) is 36.6 Å². The molecule has 44 heavy (non-hydrogen) atoms. The van der Waals surface area contributed by atoms with E-state index in [4.69, 9.17) is 9.97 Å². The van der Waals surface area contributed by atoms with Crippen LogP contribution in [0.4, 0.5) is 0 Å². The summed E-state index contributed by atoms with van der Waals surface area (Å²) in [5, 5.41) is 3.76. The summed E-state index contributed by atoms with van der Waals surface area (Å²) in [5.74, 6) is 0. The molecule has 0 aliphatic heterocycles. The normalized spacial score (nSPS) is 11.6. The van der Waals surface area contributed by atoms with Gasteiger partial charge >= 0.3 is 0 Å². The first-order valence-corrected chi connectivity index (χ1v) is 15.6. The average Bonchev–Trinajstić information content (AvgIpc) is 3.62. The first-order valence-electron chi connectivity index (χ1n) is 14.7. The Labute approximate surface area is 258 Å². The van der Waals surface area contributed by atoms with Gasteiger partial charge < -0.3 is 4.57 Å². The van der Waals surface area contributed by atoms with Crippen LogP contribution in [0.1, 0.15) is 0 Å². The van der Waals surface area contributed by atoms with Crippen LogP contribution in [0.15, 0.2) is 152 Å². The third kappa shape index (κ3) is 4.03. The van der Waals surface area contributed by atoms with Crippen LogP contribution in [0.25, 0.3) is 81.4 Å². The predicted octanol–water partition coefficient (Wildman–Crippen LogP) is 10.9. The van der Waals surface area contributed by atoms with Gasteiger partial charge in [0.2, 0.25) is 0 Å². The third-order valence-electron chi connectivity index (χ3n) is 8.44. The zero-order valence-corrected chi connectivity index (χ0v) is 24.5. The summed E-state index contributed by atoms with van der Waals surface area (Å²) in [7, 11) is 0. The van der Waals surface area contributed by atoms with Crippen molar-refractivity contribution >= 4 is 53.4 Å². The summed E-state index contributed by atoms with van der Waals surface area (Å²) >= 11 is 1.85. The fourth-order valence-corrected chi connectivity index (χ4v) is 7.46. The second-order valence-electron chi connectivity index (χ2n) is 11.1. The molecule has 9 aromatic rings. The number of nitrogens with zero attached hydrogens (tertiary/aromatic N) is 3. The van der Waals surface area contributed by atoms with Gasteiger partial charge in [-0.25, -0.2) is 4.98 Å². The van der Waals surface area contributed by atoms with Crippen LogP contribution >= 0.6 is 11.3 Å². The molecule has 3 nitrogen and oxygen atoms in total. The average molecular weight is 580 g/mol. The van der Waals surface area contributed by atoms with Crippen LogP contribution in [0, 0.1) is 0 Å². The van der Waals surface area contributed by atoms with Crippen molar-refractivity contribution in [1.29, 1.82) is 0 Å². The Morgan fingerprint density at radius 3 is 1.91 bits per heavy atom. The van der Waals surface area contributed by atoms with Crippen molar-refractivity contribution in [2.24, 2.45) is 0 Å². The Morgan fingerprint density at radius 1 is 0.455 bits per heavy atom. The van der Waals surface area contributed by atoms with Crippen LogP contribution in [0.5, 0.6) is 0 Å². The summed E-state index contributed by atoms with van der Waals surface area (Å²) in [6.45, 7) is 0. The molecule has 0 bridgehead atoms. The summed E-state index contributed by atoms with van der Waals surface area (Å²) in [4.78, 5) is 9.97. The fraction of sp³-hybridized carbons (Fsp3) is 0. The minimum absolute atomic E-state index is 0.952. The largest absolute Gasteiger partial charge is 0.308 e. The standard InChI is InChI=1S/C40H25N3S/c1-3-10-26(11-4-1)29-22-34(27-12-5-2-6-13-27)42-35(23-29)28-17-19-30(20-18-28)43-36-15-9-21-41-40(36)33-24-32-31-14-7-8-16-38(31)44-39(32)25-37(33)43/h1-25H. The zero-order valence-electron chi connectivity index (χ0n) is 23.7. The van der Waals surface area contributed by atoms with E-state index in [-0.39, 0.29) is 0 Å². The lowest BCUT2D eigenvalue weighted by molar-refractivity contribution is 1.18. The summed E-state index contributed by atoms with van der Waals surface area (Å²) in [6, 6.07) is 51.6.